The van der Waals surface area contributed by atoms with Crippen LogP contribution in [0.3, 0.4) is 0 Å². The molecular weight excluding hydrogens is 244 g/mol. The molecule has 2 atom stereocenters. The second-order valence-corrected chi connectivity index (χ2v) is 5.43. The third kappa shape index (κ3) is 3.89. The second-order valence-electron chi connectivity index (χ2n) is 5.00. The Morgan fingerprint density at radius 1 is 1.28 bits per heavy atom. The van der Waals surface area contributed by atoms with Gasteiger partial charge >= 0.3 is 0 Å². The predicted molar refractivity (Wildman–Crippen MR) is 81.6 cm³/mol. The summed E-state index contributed by atoms with van der Waals surface area (Å²) in [6.07, 6.45) is 2.01. The summed E-state index contributed by atoms with van der Waals surface area (Å²) in [5.74, 6) is 0. The van der Waals surface area contributed by atoms with Crippen molar-refractivity contribution in [2.45, 2.75) is 52.6 Å². The molecule has 0 bridgehead atoms. The molecule has 0 aromatic heterocycles. The molecule has 3 heteroatoms. The first-order valence-corrected chi connectivity index (χ1v) is 7.18. The molecule has 2 unspecified atom stereocenters. The summed E-state index contributed by atoms with van der Waals surface area (Å²) in [5, 5.41) is 0.792. The quantitative estimate of drug-likeness (QED) is 0.849. The number of hydrogen-bond donors (Lipinski definition) is 1. The SMILES string of the molecule is CCC(C)N(CC)c1cc(Cl)ccc1CC(C)N. The maximum absolute atomic E-state index is 6.14. The molecule has 0 amide bonds. The van der Waals surface area contributed by atoms with Gasteiger partial charge in [0.15, 0.2) is 0 Å². The summed E-state index contributed by atoms with van der Waals surface area (Å²) in [7, 11) is 0. The third-order valence-corrected chi connectivity index (χ3v) is 3.60. The van der Waals surface area contributed by atoms with Crippen LogP contribution in [0, 0.1) is 0 Å². The molecule has 18 heavy (non-hydrogen) atoms. The van der Waals surface area contributed by atoms with Gasteiger partial charge in [-0.05, 0) is 51.3 Å². The number of nitrogens with zero attached hydrogens (tertiary/aromatic N) is 1. The van der Waals surface area contributed by atoms with Crippen molar-refractivity contribution in [2.24, 2.45) is 5.73 Å². The van der Waals surface area contributed by atoms with Crippen molar-refractivity contribution < 1.29 is 0 Å². The van der Waals surface area contributed by atoms with E-state index in [-0.39, 0.29) is 6.04 Å². The first-order chi connectivity index (χ1) is 8.49. The average Bonchev–Trinajstić information content (AvgIpc) is 2.32. The van der Waals surface area contributed by atoms with Gasteiger partial charge in [0, 0.05) is 29.3 Å². The molecule has 2 N–H and O–H groups in total. The van der Waals surface area contributed by atoms with Crippen molar-refractivity contribution in [1.82, 2.24) is 0 Å². The van der Waals surface area contributed by atoms with Crippen LogP contribution in [0.25, 0.3) is 0 Å². The summed E-state index contributed by atoms with van der Waals surface area (Å²) in [5.41, 5.74) is 8.45. The molecule has 102 valence electrons. The van der Waals surface area contributed by atoms with Crippen molar-refractivity contribution in [3.8, 4) is 0 Å². The molecule has 1 aromatic carbocycles. The molecule has 0 fully saturated rings. The maximum Gasteiger partial charge on any atom is 0.0426 e. The zero-order chi connectivity index (χ0) is 13.7. The topological polar surface area (TPSA) is 29.3 Å². The van der Waals surface area contributed by atoms with Gasteiger partial charge in [0.1, 0.15) is 0 Å². The Bertz CT molecular complexity index is 377. The lowest BCUT2D eigenvalue weighted by molar-refractivity contribution is 0.624. The van der Waals surface area contributed by atoms with Gasteiger partial charge in [-0.25, -0.2) is 0 Å². The van der Waals surface area contributed by atoms with E-state index >= 15 is 0 Å². The van der Waals surface area contributed by atoms with Crippen molar-refractivity contribution in [2.75, 3.05) is 11.4 Å². The van der Waals surface area contributed by atoms with Crippen molar-refractivity contribution in [1.29, 1.82) is 0 Å². The van der Waals surface area contributed by atoms with Crippen molar-refractivity contribution >= 4 is 17.3 Å². The number of halogens is 1. The summed E-state index contributed by atoms with van der Waals surface area (Å²) >= 11 is 6.14. The van der Waals surface area contributed by atoms with Gasteiger partial charge in [0.25, 0.3) is 0 Å². The fourth-order valence-electron chi connectivity index (χ4n) is 2.26. The summed E-state index contributed by atoms with van der Waals surface area (Å²) in [6, 6.07) is 6.80. The van der Waals surface area contributed by atoms with Gasteiger partial charge in [0.05, 0.1) is 0 Å². The number of benzene rings is 1. The zero-order valence-electron chi connectivity index (χ0n) is 11.9. The van der Waals surface area contributed by atoms with Crippen LogP contribution < -0.4 is 10.6 Å². The number of anilines is 1. The van der Waals surface area contributed by atoms with Gasteiger partial charge in [-0.15, -0.1) is 0 Å². The molecule has 0 aliphatic carbocycles. The minimum Gasteiger partial charge on any atom is -0.369 e. The Morgan fingerprint density at radius 2 is 1.94 bits per heavy atom. The van der Waals surface area contributed by atoms with Gasteiger partial charge in [-0.1, -0.05) is 24.6 Å². The smallest absolute Gasteiger partial charge is 0.0426 e. The van der Waals surface area contributed by atoms with Gasteiger partial charge in [0.2, 0.25) is 0 Å². The Kier molecular flexibility index (Phi) is 5.97. The number of hydrogen-bond acceptors (Lipinski definition) is 2. The fraction of sp³-hybridized carbons (Fsp3) is 0.600. The second kappa shape index (κ2) is 7.01. The van der Waals surface area contributed by atoms with E-state index in [2.05, 4.69) is 37.8 Å². The molecule has 0 aliphatic heterocycles. The highest BCUT2D eigenvalue weighted by molar-refractivity contribution is 6.30. The lowest BCUT2D eigenvalue weighted by atomic mass is 10.0. The lowest BCUT2D eigenvalue weighted by Gasteiger charge is -2.32. The molecule has 2 nitrogen and oxygen atoms in total. The van der Waals surface area contributed by atoms with Crippen molar-refractivity contribution in [3.63, 3.8) is 0 Å². The molecule has 0 radical (unpaired) electrons. The van der Waals surface area contributed by atoms with Crippen LogP contribution in [-0.2, 0) is 6.42 Å². The molecule has 1 rings (SSSR count). The summed E-state index contributed by atoms with van der Waals surface area (Å²) in [4.78, 5) is 2.41. The van der Waals surface area contributed by atoms with E-state index in [1.165, 1.54) is 11.3 Å². The minimum atomic E-state index is 0.167. The van der Waals surface area contributed by atoms with E-state index in [4.69, 9.17) is 17.3 Å². The van der Waals surface area contributed by atoms with E-state index in [1.54, 1.807) is 0 Å². The third-order valence-electron chi connectivity index (χ3n) is 3.36. The van der Waals surface area contributed by atoms with E-state index in [9.17, 15) is 0 Å². The molecule has 0 saturated carbocycles. The molecular formula is C15H25ClN2. The van der Waals surface area contributed by atoms with Crippen LogP contribution in [0.2, 0.25) is 5.02 Å². The molecule has 1 aromatic rings. The Labute approximate surface area is 116 Å². The van der Waals surface area contributed by atoms with Crippen LogP contribution in [-0.4, -0.2) is 18.6 Å². The number of nitrogens with two attached hydrogens (primary N) is 1. The first kappa shape index (κ1) is 15.3. The zero-order valence-corrected chi connectivity index (χ0v) is 12.7. The first-order valence-electron chi connectivity index (χ1n) is 6.80. The van der Waals surface area contributed by atoms with E-state index < -0.39 is 0 Å². The average molecular weight is 269 g/mol. The summed E-state index contributed by atoms with van der Waals surface area (Å²) in [6.45, 7) is 9.67. The van der Waals surface area contributed by atoms with Gasteiger partial charge in [-0.3, -0.25) is 0 Å². The minimum absolute atomic E-state index is 0.167. The molecule has 0 spiro atoms. The van der Waals surface area contributed by atoms with Crippen LogP contribution in [0.15, 0.2) is 18.2 Å². The van der Waals surface area contributed by atoms with Crippen molar-refractivity contribution in [3.05, 3.63) is 28.8 Å². The van der Waals surface area contributed by atoms with E-state index in [0.717, 1.165) is 24.4 Å². The maximum atomic E-state index is 6.14. The normalized spacial score (nSPS) is 14.3. The Hall–Kier alpha value is -0.730. The fourth-order valence-corrected chi connectivity index (χ4v) is 2.43. The van der Waals surface area contributed by atoms with Crippen LogP contribution in [0.1, 0.15) is 39.7 Å². The Morgan fingerprint density at radius 3 is 2.44 bits per heavy atom. The molecule has 0 saturated heterocycles. The highest BCUT2D eigenvalue weighted by atomic mass is 35.5. The number of rotatable bonds is 6. The van der Waals surface area contributed by atoms with Crippen LogP contribution >= 0.6 is 11.6 Å². The van der Waals surface area contributed by atoms with Crippen LogP contribution in [0.4, 0.5) is 5.69 Å². The molecule has 0 aliphatic rings. The van der Waals surface area contributed by atoms with Gasteiger partial charge < -0.3 is 10.6 Å². The van der Waals surface area contributed by atoms with Crippen LogP contribution in [0.5, 0.6) is 0 Å². The van der Waals surface area contributed by atoms with E-state index in [0.29, 0.717) is 6.04 Å². The largest absolute Gasteiger partial charge is 0.369 e. The Balaban J connectivity index is 3.13. The monoisotopic (exact) mass is 268 g/mol. The standard InChI is InChI=1S/C15H25ClN2/c1-5-12(4)18(6-2)15-10-14(16)8-7-13(15)9-11(3)17/h7-8,10-12H,5-6,9,17H2,1-4H3. The summed E-state index contributed by atoms with van der Waals surface area (Å²) < 4.78 is 0. The predicted octanol–water partition coefficient (Wildman–Crippen LogP) is 3.85. The highest BCUT2D eigenvalue weighted by Crippen LogP contribution is 2.28. The highest BCUT2D eigenvalue weighted by Gasteiger charge is 2.15. The lowest BCUT2D eigenvalue weighted by Crippen LogP contribution is -2.33. The van der Waals surface area contributed by atoms with Gasteiger partial charge in [-0.2, -0.15) is 0 Å². The molecule has 0 heterocycles. The van der Waals surface area contributed by atoms with E-state index in [1.807, 2.05) is 13.0 Å².